The van der Waals surface area contributed by atoms with Crippen LogP contribution in [0.2, 0.25) is 0 Å². The van der Waals surface area contributed by atoms with Crippen molar-refractivity contribution in [3.05, 3.63) is 0 Å². The van der Waals surface area contributed by atoms with Crippen LogP contribution in [-0.2, 0) is 4.79 Å². The number of rotatable bonds is 4. The van der Waals surface area contributed by atoms with Crippen LogP contribution in [-0.4, -0.2) is 23.2 Å². The van der Waals surface area contributed by atoms with Crippen LogP contribution in [0.5, 0.6) is 0 Å². The summed E-state index contributed by atoms with van der Waals surface area (Å²) in [5, 5.41) is 12.6. The molecule has 2 N–H and O–H groups in total. The van der Waals surface area contributed by atoms with Crippen LogP contribution in [0, 0.1) is 11.8 Å². The van der Waals surface area contributed by atoms with Crippen molar-refractivity contribution in [3.63, 3.8) is 0 Å². The third-order valence-electron chi connectivity index (χ3n) is 3.29. The first-order valence-corrected chi connectivity index (χ1v) is 5.45. The Kier molecular flexibility index (Phi) is 3.53. The largest absolute Gasteiger partial charge is 0.388 e. The molecule has 0 aromatic rings. The Balaban J connectivity index is 2.27. The molecular weight excluding hydrogens is 178 g/mol. The molecule has 1 aliphatic carbocycles. The van der Waals surface area contributed by atoms with Crippen molar-refractivity contribution in [2.24, 2.45) is 11.8 Å². The van der Waals surface area contributed by atoms with Crippen LogP contribution in [0.1, 0.15) is 40.0 Å². The number of hydrogen-bond acceptors (Lipinski definition) is 2. The molecule has 0 radical (unpaired) electrons. The average Bonchev–Trinajstić information content (AvgIpc) is 2.09. The molecular formula is C11H21NO2. The first-order valence-electron chi connectivity index (χ1n) is 5.45. The van der Waals surface area contributed by atoms with Gasteiger partial charge < -0.3 is 10.4 Å². The van der Waals surface area contributed by atoms with E-state index in [0.29, 0.717) is 12.5 Å². The number of carbonyl (C=O) groups is 1. The molecule has 1 saturated carbocycles. The fraction of sp³-hybridized carbons (Fsp3) is 0.909. The Morgan fingerprint density at radius 2 is 2.00 bits per heavy atom. The molecule has 1 amide bonds. The molecule has 1 rings (SSSR count). The fourth-order valence-electron chi connectivity index (χ4n) is 1.48. The van der Waals surface area contributed by atoms with Gasteiger partial charge in [-0.15, -0.1) is 0 Å². The highest BCUT2D eigenvalue weighted by molar-refractivity contribution is 5.78. The zero-order chi connectivity index (χ0) is 10.8. The molecule has 3 heteroatoms. The molecule has 1 unspecified atom stereocenters. The van der Waals surface area contributed by atoms with Crippen molar-refractivity contribution in [1.29, 1.82) is 0 Å². The number of aliphatic hydroxyl groups is 1. The van der Waals surface area contributed by atoms with Gasteiger partial charge in [0.15, 0.2) is 0 Å². The van der Waals surface area contributed by atoms with E-state index in [1.165, 1.54) is 0 Å². The quantitative estimate of drug-likeness (QED) is 0.717. The van der Waals surface area contributed by atoms with E-state index in [1.807, 2.05) is 20.8 Å². The van der Waals surface area contributed by atoms with E-state index in [-0.39, 0.29) is 11.8 Å². The van der Waals surface area contributed by atoms with Crippen molar-refractivity contribution >= 4 is 5.91 Å². The molecule has 1 atom stereocenters. The van der Waals surface area contributed by atoms with Crippen LogP contribution in [0.15, 0.2) is 0 Å². The molecule has 3 nitrogen and oxygen atoms in total. The van der Waals surface area contributed by atoms with E-state index in [1.54, 1.807) is 0 Å². The predicted octanol–water partition coefficient (Wildman–Crippen LogP) is 1.31. The Bertz CT molecular complexity index is 209. The molecule has 0 aromatic heterocycles. The maximum Gasteiger partial charge on any atom is 0.223 e. The number of nitrogens with one attached hydrogen (secondary N) is 1. The average molecular weight is 199 g/mol. The minimum Gasteiger partial charge on any atom is -0.388 e. The van der Waals surface area contributed by atoms with Crippen molar-refractivity contribution in [1.82, 2.24) is 5.32 Å². The minimum atomic E-state index is -0.605. The molecule has 82 valence electrons. The number of amides is 1. The molecule has 1 aliphatic rings. The molecule has 0 saturated heterocycles. The van der Waals surface area contributed by atoms with Crippen molar-refractivity contribution in [2.45, 2.75) is 45.6 Å². The van der Waals surface area contributed by atoms with E-state index < -0.39 is 5.60 Å². The highest BCUT2D eigenvalue weighted by Crippen LogP contribution is 2.30. The molecule has 0 aliphatic heterocycles. The summed E-state index contributed by atoms with van der Waals surface area (Å²) in [5.41, 5.74) is -0.605. The lowest BCUT2D eigenvalue weighted by atomic mass is 9.80. The van der Waals surface area contributed by atoms with Gasteiger partial charge in [-0.1, -0.05) is 20.8 Å². The second kappa shape index (κ2) is 4.30. The molecule has 0 spiro atoms. The van der Waals surface area contributed by atoms with Crippen LogP contribution < -0.4 is 5.32 Å². The summed E-state index contributed by atoms with van der Waals surface area (Å²) in [5.74, 6) is 0.435. The standard InChI is InChI=1S/C11H21NO2/c1-8(2)9(3)10(13)12-7-11(14)5-4-6-11/h8-9,14H,4-7H2,1-3H3,(H,12,13). The van der Waals surface area contributed by atoms with Crippen molar-refractivity contribution < 1.29 is 9.90 Å². The lowest BCUT2D eigenvalue weighted by molar-refractivity contribution is -0.128. The maximum absolute atomic E-state index is 11.5. The summed E-state index contributed by atoms with van der Waals surface area (Å²) < 4.78 is 0. The van der Waals surface area contributed by atoms with Gasteiger partial charge in [0.25, 0.3) is 0 Å². The van der Waals surface area contributed by atoms with Gasteiger partial charge in [-0.2, -0.15) is 0 Å². The summed E-state index contributed by atoms with van der Waals surface area (Å²) in [7, 11) is 0. The zero-order valence-electron chi connectivity index (χ0n) is 9.34. The topological polar surface area (TPSA) is 49.3 Å². The van der Waals surface area contributed by atoms with Gasteiger partial charge in [0.05, 0.1) is 5.60 Å². The third kappa shape index (κ3) is 2.71. The van der Waals surface area contributed by atoms with Gasteiger partial charge in [-0.3, -0.25) is 4.79 Å². The summed E-state index contributed by atoms with van der Waals surface area (Å²) in [4.78, 5) is 11.5. The maximum atomic E-state index is 11.5. The summed E-state index contributed by atoms with van der Waals surface area (Å²) in [6.07, 6.45) is 2.72. The molecule has 0 aromatic carbocycles. The zero-order valence-corrected chi connectivity index (χ0v) is 9.34. The smallest absolute Gasteiger partial charge is 0.223 e. The predicted molar refractivity (Wildman–Crippen MR) is 55.8 cm³/mol. The molecule has 1 fully saturated rings. The Labute approximate surface area is 85.9 Å². The monoisotopic (exact) mass is 199 g/mol. The van der Waals surface area contributed by atoms with Gasteiger partial charge in [0.1, 0.15) is 0 Å². The van der Waals surface area contributed by atoms with E-state index >= 15 is 0 Å². The molecule has 14 heavy (non-hydrogen) atoms. The summed E-state index contributed by atoms with van der Waals surface area (Å²) in [6, 6.07) is 0. The summed E-state index contributed by atoms with van der Waals surface area (Å²) in [6.45, 7) is 6.40. The highest BCUT2D eigenvalue weighted by Gasteiger charge is 2.34. The lowest BCUT2D eigenvalue weighted by Crippen LogP contribution is -2.49. The van der Waals surface area contributed by atoms with Crippen LogP contribution in [0.3, 0.4) is 0 Å². The Hall–Kier alpha value is -0.570. The highest BCUT2D eigenvalue weighted by atomic mass is 16.3. The van der Waals surface area contributed by atoms with E-state index in [2.05, 4.69) is 5.32 Å². The first kappa shape index (κ1) is 11.5. The summed E-state index contributed by atoms with van der Waals surface area (Å²) >= 11 is 0. The van der Waals surface area contributed by atoms with Gasteiger partial charge in [0, 0.05) is 12.5 Å². The van der Waals surface area contributed by atoms with Crippen molar-refractivity contribution in [3.8, 4) is 0 Å². The first-order chi connectivity index (χ1) is 6.44. The van der Waals surface area contributed by atoms with E-state index in [0.717, 1.165) is 19.3 Å². The normalized spacial score (nSPS) is 21.5. The molecule has 0 heterocycles. The SMILES string of the molecule is CC(C)C(C)C(=O)NCC1(O)CCC1. The minimum absolute atomic E-state index is 0.0266. The lowest BCUT2D eigenvalue weighted by Gasteiger charge is -2.36. The second-order valence-corrected chi connectivity index (χ2v) is 4.83. The number of carbonyl (C=O) groups excluding carboxylic acids is 1. The fourth-order valence-corrected chi connectivity index (χ4v) is 1.48. The van der Waals surface area contributed by atoms with Gasteiger partial charge in [0.2, 0.25) is 5.91 Å². The number of hydrogen-bond donors (Lipinski definition) is 2. The third-order valence-corrected chi connectivity index (χ3v) is 3.29. The van der Waals surface area contributed by atoms with Crippen LogP contribution in [0.4, 0.5) is 0 Å². The van der Waals surface area contributed by atoms with Crippen molar-refractivity contribution in [2.75, 3.05) is 6.54 Å². The Morgan fingerprint density at radius 3 is 2.36 bits per heavy atom. The van der Waals surface area contributed by atoms with Crippen LogP contribution in [0.25, 0.3) is 0 Å². The van der Waals surface area contributed by atoms with Gasteiger partial charge >= 0.3 is 0 Å². The van der Waals surface area contributed by atoms with Gasteiger partial charge in [-0.25, -0.2) is 0 Å². The van der Waals surface area contributed by atoms with Gasteiger partial charge in [-0.05, 0) is 25.2 Å². The molecule has 0 bridgehead atoms. The Morgan fingerprint density at radius 1 is 1.43 bits per heavy atom. The van der Waals surface area contributed by atoms with E-state index in [9.17, 15) is 9.90 Å². The van der Waals surface area contributed by atoms with E-state index in [4.69, 9.17) is 0 Å². The van der Waals surface area contributed by atoms with Crippen LogP contribution >= 0.6 is 0 Å². The second-order valence-electron chi connectivity index (χ2n) is 4.83.